The molecule has 1 N–H and O–H groups in total. The summed E-state index contributed by atoms with van der Waals surface area (Å²) in [6.45, 7) is 4.56. The normalized spacial score (nSPS) is 12.1. The highest BCUT2D eigenvalue weighted by molar-refractivity contribution is 7.11. The molecular weight excluding hydrogens is 460 g/mol. The van der Waals surface area contributed by atoms with E-state index in [9.17, 15) is 4.79 Å². The van der Waals surface area contributed by atoms with Crippen molar-refractivity contribution in [1.82, 2.24) is 24.4 Å². The molecule has 5 rings (SSSR count). The Balaban J connectivity index is 1.45. The summed E-state index contributed by atoms with van der Waals surface area (Å²) < 4.78 is 8.27. The molecule has 5 aromatic rings. The minimum Gasteiger partial charge on any atom is -0.480 e. The molecule has 9 heteroatoms. The van der Waals surface area contributed by atoms with Crippen molar-refractivity contribution in [3.05, 3.63) is 71.1 Å². The van der Waals surface area contributed by atoms with Crippen molar-refractivity contribution < 1.29 is 9.53 Å². The minimum absolute atomic E-state index is 0.114. The Hall–Kier alpha value is -3.98. The standard InChI is InChI=1S/C26H26N6O2S/c1-16(26(33)31(3)4)34-23-7-5-6-21-24(23)25(29-15-28-21)30-19-8-9-22-18(12-19)10-11-32(22)14-20-13-27-17(2)35-20/h5-13,15-16H,14H2,1-4H3,(H,28,29,30)/t16-/m1/s1. The first-order valence-corrected chi connectivity index (χ1v) is 12.1. The second kappa shape index (κ2) is 9.34. The third-order valence-corrected chi connectivity index (χ3v) is 6.64. The van der Waals surface area contributed by atoms with Gasteiger partial charge in [0.25, 0.3) is 5.91 Å². The first-order valence-electron chi connectivity index (χ1n) is 11.3. The SMILES string of the molecule is Cc1ncc(Cn2ccc3cc(Nc4ncnc5cccc(O[C@H](C)C(=O)N(C)C)c45)ccc32)s1. The van der Waals surface area contributed by atoms with Crippen molar-refractivity contribution >= 4 is 50.6 Å². The Labute approximate surface area is 207 Å². The number of carbonyl (C=O) groups is 1. The first-order chi connectivity index (χ1) is 16.9. The third-order valence-electron chi connectivity index (χ3n) is 5.75. The van der Waals surface area contributed by atoms with E-state index in [1.807, 2.05) is 37.4 Å². The van der Waals surface area contributed by atoms with Gasteiger partial charge >= 0.3 is 0 Å². The van der Waals surface area contributed by atoms with E-state index in [-0.39, 0.29) is 5.91 Å². The molecule has 0 aliphatic carbocycles. The van der Waals surface area contributed by atoms with Gasteiger partial charge in [-0.05, 0) is 50.2 Å². The van der Waals surface area contributed by atoms with E-state index >= 15 is 0 Å². The number of fused-ring (bicyclic) bond motifs is 2. The number of amides is 1. The highest BCUT2D eigenvalue weighted by Crippen LogP contribution is 2.33. The number of aromatic nitrogens is 4. The second-order valence-corrected chi connectivity index (χ2v) is 9.87. The zero-order valence-electron chi connectivity index (χ0n) is 20.0. The maximum Gasteiger partial charge on any atom is 0.262 e. The number of hydrogen-bond donors (Lipinski definition) is 1. The van der Waals surface area contributed by atoms with E-state index < -0.39 is 6.10 Å². The predicted molar refractivity (Wildman–Crippen MR) is 139 cm³/mol. The van der Waals surface area contributed by atoms with Gasteiger partial charge in [-0.3, -0.25) is 4.79 Å². The lowest BCUT2D eigenvalue weighted by Crippen LogP contribution is -2.35. The second-order valence-electron chi connectivity index (χ2n) is 8.55. The molecule has 0 fully saturated rings. The molecule has 0 spiro atoms. The molecule has 0 saturated heterocycles. The zero-order chi connectivity index (χ0) is 24.5. The van der Waals surface area contributed by atoms with Gasteiger partial charge in [0.2, 0.25) is 0 Å². The van der Waals surface area contributed by atoms with Crippen LogP contribution in [-0.4, -0.2) is 50.5 Å². The van der Waals surface area contributed by atoms with Crippen LogP contribution in [0.25, 0.3) is 21.8 Å². The van der Waals surface area contributed by atoms with Crippen LogP contribution in [0.4, 0.5) is 11.5 Å². The van der Waals surface area contributed by atoms with Gasteiger partial charge in [0.15, 0.2) is 6.10 Å². The fraction of sp³-hybridized carbons (Fsp3) is 0.231. The van der Waals surface area contributed by atoms with E-state index in [0.717, 1.165) is 39.0 Å². The van der Waals surface area contributed by atoms with Crippen molar-refractivity contribution in [1.29, 1.82) is 0 Å². The number of hydrogen-bond acceptors (Lipinski definition) is 7. The Morgan fingerprint density at radius 3 is 2.80 bits per heavy atom. The number of nitrogens with zero attached hydrogens (tertiary/aromatic N) is 5. The monoisotopic (exact) mass is 486 g/mol. The van der Waals surface area contributed by atoms with Crippen LogP contribution in [0.3, 0.4) is 0 Å². The summed E-state index contributed by atoms with van der Waals surface area (Å²) in [5.41, 5.74) is 2.78. The zero-order valence-corrected chi connectivity index (χ0v) is 20.8. The molecule has 1 atom stereocenters. The average Bonchev–Trinajstić information content (AvgIpc) is 3.44. The number of carbonyl (C=O) groups excluding carboxylic acids is 1. The van der Waals surface area contributed by atoms with Crippen LogP contribution < -0.4 is 10.1 Å². The molecular formula is C26H26N6O2S. The Bertz CT molecular complexity index is 1520. The lowest BCUT2D eigenvalue weighted by molar-refractivity contribution is -0.135. The summed E-state index contributed by atoms with van der Waals surface area (Å²) in [6.07, 6.45) is 4.92. The van der Waals surface area contributed by atoms with Gasteiger partial charge < -0.3 is 19.5 Å². The van der Waals surface area contributed by atoms with E-state index in [4.69, 9.17) is 4.74 Å². The van der Waals surface area contributed by atoms with Crippen molar-refractivity contribution in [2.24, 2.45) is 0 Å². The predicted octanol–water partition coefficient (Wildman–Crippen LogP) is 5.00. The summed E-state index contributed by atoms with van der Waals surface area (Å²) in [6, 6.07) is 13.9. The number of benzene rings is 2. The molecule has 178 valence electrons. The van der Waals surface area contributed by atoms with Crippen LogP contribution in [0, 0.1) is 6.92 Å². The van der Waals surface area contributed by atoms with Gasteiger partial charge in [0.1, 0.15) is 17.9 Å². The Kier molecular flexibility index (Phi) is 6.08. The first kappa shape index (κ1) is 22.8. The molecule has 3 heterocycles. The molecule has 0 saturated carbocycles. The Morgan fingerprint density at radius 2 is 2.03 bits per heavy atom. The maximum absolute atomic E-state index is 12.4. The van der Waals surface area contributed by atoms with Crippen LogP contribution in [-0.2, 0) is 11.3 Å². The minimum atomic E-state index is -0.637. The Morgan fingerprint density at radius 1 is 1.17 bits per heavy atom. The van der Waals surface area contributed by atoms with Crippen molar-refractivity contribution in [3.63, 3.8) is 0 Å². The quantitative estimate of drug-likeness (QED) is 0.349. The van der Waals surface area contributed by atoms with E-state index in [1.165, 1.54) is 16.1 Å². The summed E-state index contributed by atoms with van der Waals surface area (Å²) >= 11 is 1.72. The summed E-state index contributed by atoms with van der Waals surface area (Å²) in [5, 5.41) is 6.35. The number of anilines is 2. The van der Waals surface area contributed by atoms with Crippen molar-refractivity contribution in [2.45, 2.75) is 26.5 Å². The van der Waals surface area contributed by atoms with Crippen LogP contribution in [0.1, 0.15) is 16.8 Å². The van der Waals surface area contributed by atoms with Gasteiger partial charge in [-0.2, -0.15) is 0 Å². The molecule has 3 aromatic heterocycles. The van der Waals surface area contributed by atoms with Crippen LogP contribution in [0.2, 0.25) is 0 Å². The van der Waals surface area contributed by atoms with E-state index in [1.54, 1.807) is 32.4 Å². The third kappa shape index (κ3) is 4.67. The molecule has 1 amide bonds. The van der Waals surface area contributed by atoms with Gasteiger partial charge in [-0.25, -0.2) is 15.0 Å². The molecule has 2 aromatic carbocycles. The lowest BCUT2D eigenvalue weighted by Gasteiger charge is -2.20. The maximum atomic E-state index is 12.4. The molecule has 35 heavy (non-hydrogen) atoms. The van der Waals surface area contributed by atoms with Crippen molar-refractivity contribution in [3.8, 4) is 5.75 Å². The summed E-state index contributed by atoms with van der Waals surface area (Å²) in [4.78, 5) is 28.3. The number of likely N-dealkylation sites (N-methyl/N-ethyl adjacent to an activating group) is 1. The van der Waals surface area contributed by atoms with Crippen LogP contribution in [0.15, 0.2) is 61.2 Å². The topological polar surface area (TPSA) is 85.2 Å². The number of aryl methyl sites for hydroxylation is 1. The molecule has 0 aliphatic heterocycles. The lowest BCUT2D eigenvalue weighted by atomic mass is 10.2. The molecule has 8 nitrogen and oxygen atoms in total. The summed E-state index contributed by atoms with van der Waals surface area (Å²) in [7, 11) is 3.42. The number of rotatable bonds is 7. The molecule has 0 bridgehead atoms. The highest BCUT2D eigenvalue weighted by atomic mass is 32.1. The van der Waals surface area contributed by atoms with Gasteiger partial charge in [0, 0.05) is 48.0 Å². The number of nitrogens with one attached hydrogen (secondary N) is 1. The van der Waals surface area contributed by atoms with Gasteiger partial charge in [-0.1, -0.05) is 6.07 Å². The highest BCUT2D eigenvalue weighted by Gasteiger charge is 2.19. The molecule has 0 aliphatic rings. The molecule has 0 radical (unpaired) electrons. The summed E-state index contributed by atoms with van der Waals surface area (Å²) in [5.74, 6) is 1.06. The van der Waals surface area contributed by atoms with Gasteiger partial charge in [0.05, 0.1) is 22.5 Å². The largest absolute Gasteiger partial charge is 0.480 e. The van der Waals surface area contributed by atoms with E-state index in [0.29, 0.717) is 11.6 Å². The number of thiazole rings is 1. The average molecular weight is 487 g/mol. The smallest absolute Gasteiger partial charge is 0.262 e. The number of ether oxygens (including phenoxy) is 1. The fourth-order valence-electron chi connectivity index (χ4n) is 4.07. The fourth-order valence-corrected chi connectivity index (χ4v) is 4.87. The van der Waals surface area contributed by atoms with E-state index in [2.05, 4.69) is 49.2 Å². The van der Waals surface area contributed by atoms with Crippen LogP contribution in [0.5, 0.6) is 5.75 Å². The van der Waals surface area contributed by atoms with Gasteiger partial charge in [-0.15, -0.1) is 11.3 Å². The van der Waals surface area contributed by atoms with Crippen molar-refractivity contribution in [2.75, 3.05) is 19.4 Å². The van der Waals surface area contributed by atoms with Crippen LogP contribution >= 0.6 is 11.3 Å². The molecule has 0 unspecified atom stereocenters.